The number of hydrogen-bond donors (Lipinski definition) is 0. The standard InChI is InChI=1S/C21H21NS2/c1-2-22-18-13-12-15-8-6-7-11-17(15)21(18)24-20(22)14-19(23)16-9-4-3-5-10-16/h3-5,9-10,12-14H,2,6-8,11H2,1H3/b20-14+. The maximum atomic E-state index is 5.67. The highest BCUT2D eigenvalue weighted by Gasteiger charge is 2.28. The van der Waals surface area contributed by atoms with Crippen LogP contribution in [0.5, 0.6) is 0 Å². The summed E-state index contributed by atoms with van der Waals surface area (Å²) in [5, 5.41) is 1.26. The van der Waals surface area contributed by atoms with Gasteiger partial charge in [0.1, 0.15) is 0 Å². The van der Waals surface area contributed by atoms with Crippen LogP contribution in [0.3, 0.4) is 0 Å². The van der Waals surface area contributed by atoms with Crippen molar-refractivity contribution in [3.8, 4) is 0 Å². The summed E-state index contributed by atoms with van der Waals surface area (Å²) in [6, 6.07) is 14.9. The van der Waals surface area contributed by atoms with Crippen molar-refractivity contribution < 1.29 is 0 Å². The van der Waals surface area contributed by atoms with Gasteiger partial charge in [-0.2, -0.15) is 0 Å². The molecular weight excluding hydrogens is 330 g/mol. The minimum absolute atomic E-state index is 0.915. The van der Waals surface area contributed by atoms with Crippen LogP contribution in [0.1, 0.15) is 36.5 Å². The topological polar surface area (TPSA) is 3.24 Å². The molecule has 3 heteroatoms. The summed E-state index contributed by atoms with van der Waals surface area (Å²) in [5.74, 6) is 0. The molecule has 24 heavy (non-hydrogen) atoms. The molecule has 0 unspecified atom stereocenters. The van der Waals surface area contributed by atoms with Gasteiger partial charge in [-0.15, -0.1) is 0 Å². The number of rotatable bonds is 3. The van der Waals surface area contributed by atoms with Gasteiger partial charge >= 0.3 is 0 Å². The number of hydrogen-bond acceptors (Lipinski definition) is 3. The van der Waals surface area contributed by atoms with E-state index < -0.39 is 0 Å². The minimum Gasteiger partial charge on any atom is -0.335 e. The van der Waals surface area contributed by atoms with E-state index in [0.717, 1.165) is 17.0 Å². The molecule has 1 nitrogen and oxygen atoms in total. The molecule has 0 saturated carbocycles. The van der Waals surface area contributed by atoms with Gasteiger partial charge in [0.15, 0.2) is 0 Å². The molecule has 0 atom stereocenters. The van der Waals surface area contributed by atoms with Gasteiger partial charge in [-0.25, -0.2) is 0 Å². The predicted molar refractivity (Wildman–Crippen MR) is 108 cm³/mol. The Morgan fingerprint density at radius 3 is 2.71 bits per heavy atom. The number of thiocarbonyl (C=S) groups is 1. The molecular formula is C21H21NS2. The number of anilines is 1. The van der Waals surface area contributed by atoms with Crippen molar-refractivity contribution in [1.29, 1.82) is 0 Å². The lowest BCUT2D eigenvalue weighted by Crippen LogP contribution is -2.17. The third-order valence-corrected chi connectivity index (χ3v) is 6.41. The second-order valence-corrected chi connectivity index (χ2v) is 7.79. The zero-order valence-electron chi connectivity index (χ0n) is 13.9. The highest BCUT2D eigenvalue weighted by molar-refractivity contribution is 8.03. The molecule has 122 valence electrons. The summed E-state index contributed by atoms with van der Waals surface area (Å²) in [4.78, 5) is 4.79. The Morgan fingerprint density at radius 2 is 1.92 bits per heavy atom. The highest BCUT2D eigenvalue weighted by Crippen LogP contribution is 2.49. The maximum absolute atomic E-state index is 5.67. The van der Waals surface area contributed by atoms with E-state index in [2.05, 4.69) is 42.2 Å². The Kier molecular flexibility index (Phi) is 4.47. The van der Waals surface area contributed by atoms with Crippen molar-refractivity contribution in [2.75, 3.05) is 11.4 Å². The van der Waals surface area contributed by atoms with Crippen LogP contribution in [0.15, 0.2) is 58.5 Å². The Morgan fingerprint density at radius 1 is 1.12 bits per heavy atom. The van der Waals surface area contributed by atoms with Crippen molar-refractivity contribution in [2.45, 2.75) is 37.5 Å². The molecule has 0 spiro atoms. The van der Waals surface area contributed by atoms with Gasteiger partial charge in [0.2, 0.25) is 0 Å². The average molecular weight is 352 g/mol. The summed E-state index contributed by atoms with van der Waals surface area (Å²) in [5.41, 5.74) is 5.62. The Bertz CT molecular complexity index is 808. The third-order valence-electron chi connectivity index (χ3n) is 4.85. The summed E-state index contributed by atoms with van der Waals surface area (Å²) in [7, 11) is 0. The fourth-order valence-electron chi connectivity index (χ4n) is 3.62. The largest absolute Gasteiger partial charge is 0.335 e. The van der Waals surface area contributed by atoms with Gasteiger partial charge in [0.05, 0.1) is 10.7 Å². The first-order valence-electron chi connectivity index (χ1n) is 8.69. The fourth-order valence-corrected chi connectivity index (χ4v) is 5.30. The monoisotopic (exact) mass is 351 g/mol. The highest BCUT2D eigenvalue weighted by atomic mass is 32.2. The van der Waals surface area contributed by atoms with Crippen molar-refractivity contribution in [3.05, 3.63) is 70.3 Å². The SMILES string of the molecule is CCN1/C(=C\C(=S)c2ccccc2)Sc2c1ccc1c2CCCC1. The molecule has 0 aromatic heterocycles. The second kappa shape index (κ2) is 6.73. The predicted octanol–water partition coefficient (Wildman–Crippen LogP) is 5.76. The molecule has 0 radical (unpaired) electrons. The number of nitrogens with zero attached hydrogens (tertiary/aromatic N) is 1. The van der Waals surface area contributed by atoms with E-state index in [1.54, 1.807) is 11.1 Å². The molecule has 2 aliphatic rings. The van der Waals surface area contributed by atoms with Crippen molar-refractivity contribution in [1.82, 2.24) is 0 Å². The summed E-state index contributed by atoms with van der Waals surface area (Å²) in [6.07, 6.45) is 7.27. The molecule has 1 aliphatic carbocycles. The van der Waals surface area contributed by atoms with Gasteiger partial charge in [0, 0.05) is 16.3 Å². The van der Waals surface area contributed by atoms with E-state index in [-0.39, 0.29) is 0 Å². The molecule has 2 aromatic rings. The summed E-state index contributed by atoms with van der Waals surface area (Å²) in [6.45, 7) is 3.19. The maximum Gasteiger partial charge on any atom is 0.0816 e. The molecule has 2 aromatic carbocycles. The van der Waals surface area contributed by atoms with Gasteiger partial charge in [-0.05, 0) is 61.4 Å². The molecule has 0 saturated heterocycles. The number of allylic oxidation sites excluding steroid dienone is 1. The van der Waals surface area contributed by atoms with Crippen LogP contribution in [0.25, 0.3) is 0 Å². The normalized spacial score (nSPS) is 17.7. The van der Waals surface area contributed by atoms with E-state index in [0.29, 0.717) is 0 Å². The molecule has 0 bridgehead atoms. The van der Waals surface area contributed by atoms with Gasteiger partial charge < -0.3 is 4.90 Å². The van der Waals surface area contributed by atoms with E-state index in [1.807, 2.05) is 30.0 Å². The van der Waals surface area contributed by atoms with Crippen LogP contribution in [-0.4, -0.2) is 11.4 Å². The summed E-state index contributed by atoms with van der Waals surface area (Å²) >= 11 is 7.58. The Hall–Kier alpha value is -1.58. The van der Waals surface area contributed by atoms with Gasteiger partial charge in [-0.1, -0.05) is 60.4 Å². The summed E-state index contributed by atoms with van der Waals surface area (Å²) < 4.78 is 0. The van der Waals surface area contributed by atoms with Crippen LogP contribution in [0.2, 0.25) is 0 Å². The van der Waals surface area contributed by atoms with Crippen LogP contribution < -0.4 is 4.90 Å². The lowest BCUT2D eigenvalue weighted by molar-refractivity contribution is 0.676. The molecule has 4 rings (SSSR count). The fraction of sp³-hybridized carbons (Fsp3) is 0.286. The number of thioether (sulfide) groups is 1. The van der Waals surface area contributed by atoms with Crippen LogP contribution in [-0.2, 0) is 12.8 Å². The lowest BCUT2D eigenvalue weighted by atomic mass is 9.91. The van der Waals surface area contributed by atoms with Crippen LogP contribution >= 0.6 is 24.0 Å². The van der Waals surface area contributed by atoms with Crippen molar-refractivity contribution in [2.24, 2.45) is 0 Å². The molecule has 1 heterocycles. The first-order chi connectivity index (χ1) is 11.8. The number of benzene rings is 2. The molecule has 0 N–H and O–H groups in total. The van der Waals surface area contributed by atoms with E-state index in [1.165, 1.54) is 41.3 Å². The average Bonchev–Trinajstić information content (AvgIpc) is 3.00. The third kappa shape index (κ3) is 2.80. The smallest absolute Gasteiger partial charge is 0.0816 e. The zero-order valence-corrected chi connectivity index (χ0v) is 15.6. The number of fused-ring (bicyclic) bond motifs is 3. The Balaban J connectivity index is 1.71. The molecule has 1 aliphatic heterocycles. The van der Waals surface area contributed by atoms with Crippen molar-refractivity contribution in [3.63, 3.8) is 0 Å². The first kappa shape index (κ1) is 15.9. The van der Waals surface area contributed by atoms with Crippen molar-refractivity contribution >= 4 is 34.5 Å². The second-order valence-electron chi connectivity index (χ2n) is 6.32. The molecule has 0 fully saturated rings. The van der Waals surface area contributed by atoms with Gasteiger partial charge in [-0.3, -0.25) is 0 Å². The minimum atomic E-state index is 0.915. The van der Waals surface area contributed by atoms with E-state index in [9.17, 15) is 0 Å². The molecule has 0 amide bonds. The number of aryl methyl sites for hydroxylation is 1. The van der Waals surface area contributed by atoms with Crippen LogP contribution in [0.4, 0.5) is 5.69 Å². The van der Waals surface area contributed by atoms with E-state index in [4.69, 9.17) is 12.2 Å². The zero-order chi connectivity index (χ0) is 16.5. The van der Waals surface area contributed by atoms with Gasteiger partial charge in [0.25, 0.3) is 0 Å². The van der Waals surface area contributed by atoms with Crippen LogP contribution in [0, 0.1) is 0 Å². The Labute approximate surface area is 153 Å². The first-order valence-corrected chi connectivity index (χ1v) is 9.91. The quantitative estimate of drug-likeness (QED) is 0.393. The lowest BCUT2D eigenvalue weighted by Gasteiger charge is -2.21. The van der Waals surface area contributed by atoms with E-state index >= 15 is 0 Å².